The molecule has 7 aromatic carbocycles. The maximum Gasteiger partial charge on any atom is 0.235 e. The van der Waals surface area contributed by atoms with E-state index in [4.69, 9.17) is 9.97 Å². The molecule has 3 heterocycles. The molecule has 4 heteroatoms. The minimum absolute atomic E-state index is 0.672. The van der Waals surface area contributed by atoms with Crippen LogP contribution in [0, 0.1) is 0 Å². The SMILES string of the molecule is c1ccc(-c2nc(-n3c4cc(-c5ccccc5)c5ccccc5c4c4c5c(ccc43)sc3ccccc35)nc3ccccc23)cc1. The van der Waals surface area contributed by atoms with Gasteiger partial charge in [-0.3, -0.25) is 4.57 Å². The van der Waals surface area contributed by atoms with Gasteiger partial charge in [-0.15, -0.1) is 11.3 Å². The highest BCUT2D eigenvalue weighted by Crippen LogP contribution is 2.47. The Morgan fingerprint density at radius 3 is 1.89 bits per heavy atom. The molecule has 0 spiro atoms. The van der Waals surface area contributed by atoms with Crippen molar-refractivity contribution in [3.63, 3.8) is 0 Å². The Kier molecular flexibility index (Phi) is 5.45. The largest absolute Gasteiger partial charge is 0.278 e. The number of para-hydroxylation sites is 1. The fourth-order valence-corrected chi connectivity index (χ4v) is 8.34. The van der Waals surface area contributed by atoms with Crippen molar-refractivity contribution in [3.05, 3.63) is 152 Å². The first-order valence-corrected chi connectivity index (χ1v) is 16.3. The molecule has 0 radical (unpaired) electrons. The molecule has 0 aliphatic rings. The molecule has 0 fully saturated rings. The average molecular weight is 604 g/mol. The predicted molar refractivity (Wildman–Crippen MR) is 195 cm³/mol. The number of rotatable bonds is 3. The van der Waals surface area contributed by atoms with Crippen molar-refractivity contribution in [1.29, 1.82) is 0 Å². The van der Waals surface area contributed by atoms with Crippen LogP contribution >= 0.6 is 11.3 Å². The standard InChI is InChI=1S/C42H25N3S/c1-3-13-26(14-4-1)32-25-35-38(29-18-8-7-17-28(29)32)40-34(23-24-37-39(40)31-20-10-12-22-36(31)46-37)45(35)42-43-33-21-11-9-19-30(33)41(44-42)27-15-5-2-6-16-27/h1-25H. The van der Waals surface area contributed by atoms with E-state index in [-0.39, 0.29) is 0 Å². The molecule has 214 valence electrons. The van der Waals surface area contributed by atoms with Gasteiger partial charge in [-0.2, -0.15) is 0 Å². The molecule has 10 rings (SSSR count). The fraction of sp³-hybridized carbons (Fsp3) is 0. The maximum atomic E-state index is 5.38. The summed E-state index contributed by atoms with van der Waals surface area (Å²) in [6.45, 7) is 0. The molecule has 0 saturated heterocycles. The van der Waals surface area contributed by atoms with Crippen LogP contribution in [0.5, 0.6) is 0 Å². The van der Waals surface area contributed by atoms with E-state index < -0.39 is 0 Å². The fourth-order valence-electron chi connectivity index (χ4n) is 7.23. The van der Waals surface area contributed by atoms with Crippen molar-refractivity contribution in [2.75, 3.05) is 0 Å². The second-order valence-electron chi connectivity index (χ2n) is 11.8. The van der Waals surface area contributed by atoms with Gasteiger partial charge in [0.2, 0.25) is 5.95 Å². The zero-order valence-electron chi connectivity index (χ0n) is 24.7. The molecule has 0 atom stereocenters. The summed E-state index contributed by atoms with van der Waals surface area (Å²) in [5.41, 5.74) is 7.52. The van der Waals surface area contributed by atoms with Gasteiger partial charge in [0.1, 0.15) is 0 Å². The summed E-state index contributed by atoms with van der Waals surface area (Å²) in [7, 11) is 0. The lowest BCUT2D eigenvalue weighted by atomic mass is 9.94. The highest BCUT2D eigenvalue weighted by atomic mass is 32.1. The molecule has 46 heavy (non-hydrogen) atoms. The first-order chi connectivity index (χ1) is 22.8. The summed E-state index contributed by atoms with van der Waals surface area (Å²) in [6.07, 6.45) is 0. The van der Waals surface area contributed by atoms with E-state index >= 15 is 0 Å². The molecule has 0 aliphatic heterocycles. The zero-order valence-corrected chi connectivity index (χ0v) is 25.5. The molecule has 0 bridgehead atoms. The minimum atomic E-state index is 0.672. The molecule has 0 amide bonds. The number of thiophene rings is 1. The molecule has 10 aromatic rings. The Labute approximate surface area is 268 Å². The zero-order chi connectivity index (χ0) is 30.2. The molecule has 0 unspecified atom stereocenters. The lowest BCUT2D eigenvalue weighted by molar-refractivity contribution is 1.01. The van der Waals surface area contributed by atoms with Gasteiger partial charge in [-0.1, -0.05) is 121 Å². The van der Waals surface area contributed by atoms with Gasteiger partial charge < -0.3 is 0 Å². The van der Waals surface area contributed by atoms with Crippen LogP contribution in [0.25, 0.3) is 92.0 Å². The molecule has 3 aromatic heterocycles. The quantitative estimate of drug-likeness (QED) is 0.201. The van der Waals surface area contributed by atoms with Gasteiger partial charge >= 0.3 is 0 Å². The summed E-state index contributed by atoms with van der Waals surface area (Å²) in [6, 6.07) is 54.0. The molecular formula is C42H25N3S. The van der Waals surface area contributed by atoms with Gasteiger partial charge in [0, 0.05) is 41.9 Å². The van der Waals surface area contributed by atoms with E-state index in [0.717, 1.165) is 33.2 Å². The van der Waals surface area contributed by atoms with E-state index in [2.05, 4.69) is 150 Å². The first-order valence-electron chi connectivity index (χ1n) is 15.5. The molecule has 0 saturated carbocycles. The topological polar surface area (TPSA) is 30.7 Å². The van der Waals surface area contributed by atoms with Crippen molar-refractivity contribution in [3.8, 4) is 28.3 Å². The van der Waals surface area contributed by atoms with E-state index in [9.17, 15) is 0 Å². The number of aromatic nitrogens is 3. The number of nitrogens with zero attached hydrogens (tertiary/aromatic N) is 3. The van der Waals surface area contributed by atoms with Crippen LogP contribution in [0.2, 0.25) is 0 Å². The number of fused-ring (bicyclic) bond motifs is 10. The summed E-state index contributed by atoms with van der Waals surface area (Å²) < 4.78 is 4.88. The molecule has 0 N–H and O–H groups in total. The van der Waals surface area contributed by atoms with E-state index in [1.807, 2.05) is 17.4 Å². The van der Waals surface area contributed by atoms with E-state index in [1.165, 1.54) is 52.8 Å². The van der Waals surface area contributed by atoms with Crippen LogP contribution in [-0.4, -0.2) is 14.5 Å². The predicted octanol–water partition coefficient (Wildman–Crippen LogP) is 11.6. The average Bonchev–Trinajstić information content (AvgIpc) is 3.67. The van der Waals surface area contributed by atoms with Crippen molar-refractivity contribution >= 4 is 75.0 Å². The maximum absolute atomic E-state index is 5.38. The lowest BCUT2D eigenvalue weighted by Gasteiger charge is -2.13. The third-order valence-corrected chi connectivity index (χ3v) is 10.3. The van der Waals surface area contributed by atoms with Crippen LogP contribution in [-0.2, 0) is 0 Å². The van der Waals surface area contributed by atoms with Crippen LogP contribution < -0.4 is 0 Å². The summed E-state index contributed by atoms with van der Waals surface area (Å²) >= 11 is 1.86. The first kappa shape index (κ1) is 25.5. The second-order valence-corrected chi connectivity index (χ2v) is 12.8. The van der Waals surface area contributed by atoms with Crippen molar-refractivity contribution in [1.82, 2.24) is 14.5 Å². The van der Waals surface area contributed by atoms with Crippen molar-refractivity contribution in [2.24, 2.45) is 0 Å². The third-order valence-electron chi connectivity index (χ3n) is 9.20. The highest BCUT2D eigenvalue weighted by molar-refractivity contribution is 7.26. The summed E-state index contributed by atoms with van der Waals surface area (Å²) in [5, 5.41) is 8.57. The van der Waals surface area contributed by atoms with Gasteiger partial charge in [0.15, 0.2) is 0 Å². The van der Waals surface area contributed by atoms with Gasteiger partial charge in [-0.25, -0.2) is 9.97 Å². The Bertz CT molecular complexity index is 2790. The minimum Gasteiger partial charge on any atom is -0.278 e. The third kappa shape index (κ3) is 3.65. The van der Waals surface area contributed by atoms with Crippen LogP contribution in [0.4, 0.5) is 0 Å². The second kappa shape index (κ2) is 9.83. The number of hydrogen-bond donors (Lipinski definition) is 0. The monoisotopic (exact) mass is 603 g/mol. The van der Waals surface area contributed by atoms with E-state index in [0.29, 0.717) is 5.95 Å². The smallest absolute Gasteiger partial charge is 0.235 e. The summed E-state index contributed by atoms with van der Waals surface area (Å²) in [4.78, 5) is 10.7. The van der Waals surface area contributed by atoms with E-state index in [1.54, 1.807) is 0 Å². The van der Waals surface area contributed by atoms with Gasteiger partial charge in [0.25, 0.3) is 0 Å². The lowest BCUT2D eigenvalue weighted by Crippen LogP contribution is -2.03. The van der Waals surface area contributed by atoms with Crippen LogP contribution in [0.3, 0.4) is 0 Å². The Hall–Kier alpha value is -5.84. The van der Waals surface area contributed by atoms with Crippen LogP contribution in [0.1, 0.15) is 0 Å². The molecule has 3 nitrogen and oxygen atoms in total. The Balaban J connectivity index is 1.44. The molecule has 0 aliphatic carbocycles. The van der Waals surface area contributed by atoms with Crippen molar-refractivity contribution in [2.45, 2.75) is 0 Å². The van der Waals surface area contributed by atoms with Gasteiger partial charge in [-0.05, 0) is 52.2 Å². The van der Waals surface area contributed by atoms with Gasteiger partial charge in [0.05, 0.1) is 22.2 Å². The van der Waals surface area contributed by atoms with Crippen LogP contribution in [0.15, 0.2) is 152 Å². The van der Waals surface area contributed by atoms with Crippen molar-refractivity contribution < 1.29 is 0 Å². The number of benzene rings is 7. The Morgan fingerprint density at radius 1 is 0.435 bits per heavy atom. The Morgan fingerprint density at radius 2 is 1.09 bits per heavy atom. The number of hydrogen-bond acceptors (Lipinski definition) is 3. The normalized spacial score (nSPS) is 11.9. The summed E-state index contributed by atoms with van der Waals surface area (Å²) in [5.74, 6) is 0.672. The molecular weight excluding hydrogens is 579 g/mol. The highest BCUT2D eigenvalue weighted by Gasteiger charge is 2.23.